The van der Waals surface area contributed by atoms with Crippen molar-refractivity contribution in [3.05, 3.63) is 51.4 Å². The lowest BCUT2D eigenvalue weighted by Crippen LogP contribution is -2.17. The van der Waals surface area contributed by atoms with Gasteiger partial charge in [-0.15, -0.1) is 22.9 Å². The molecule has 3 N–H and O–H groups in total. The van der Waals surface area contributed by atoms with E-state index in [1.54, 1.807) is 0 Å². The lowest BCUT2D eigenvalue weighted by molar-refractivity contribution is -0.137. The van der Waals surface area contributed by atoms with Crippen LogP contribution in [0.2, 0.25) is 0 Å². The SMILES string of the molecule is O=C(CCl)Nc1cc(C(=O)Nc2csc3c(=O)[nH]cnc23)cc(C(F)(F)F)c1. The van der Waals surface area contributed by atoms with E-state index in [2.05, 4.69) is 20.6 Å². The van der Waals surface area contributed by atoms with Crippen molar-refractivity contribution in [3.63, 3.8) is 0 Å². The molecule has 0 radical (unpaired) electrons. The summed E-state index contributed by atoms with van der Waals surface area (Å²) < 4.78 is 39.7. The van der Waals surface area contributed by atoms with Gasteiger partial charge in [0.1, 0.15) is 16.1 Å². The van der Waals surface area contributed by atoms with Gasteiger partial charge >= 0.3 is 6.18 Å². The number of rotatable bonds is 4. The van der Waals surface area contributed by atoms with Gasteiger partial charge in [-0.3, -0.25) is 14.4 Å². The average molecular weight is 431 g/mol. The van der Waals surface area contributed by atoms with Gasteiger partial charge in [0.25, 0.3) is 11.5 Å². The molecule has 2 aromatic heterocycles. The first kappa shape index (κ1) is 19.8. The molecular formula is C16H10ClF3N4O3S. The summed E-state index contributed by atoms with van der Waals surface area (Å²) >= 11 is 6.38. The van der Waals surface area contributed by atoms with E-state index in [4.69, 9.17) is 11.6 Å². The van der Waals surface area contributed by atoms with Crippen molar-refractivity contribution in [2.45, 2.75) is 6.18 Å². The second-order valence-corrected chi connectivity index (χ2v) is 6.64. The molecule has 0 spiro atoms. The van der Waals surface area contributed by atoms with Crippen molar-refractivity contribution >= 4 is 56.3 Å². The van der Waals surface area contributed by atoms with Crippen LogP contribution >= 0.6 is 22.9 Å². The van der Waals surface area contributed by atoms with Crippen molar-refractivity contribution in [1.29, 1.82) is 0 Å². The van der Waals surface area contributed by atoms with Crippen LogP contribution in [0, 0.1) is 0 Å². The third-order valence-electron chi connectivity index (χ3n) is 3.54. The van der Waals surface area contributed by atoms with Gasteiger partial charge in [-0.25, -0.2) is 4.98 Å². The number of carbonyl (C=O) groups is 2. The van der Waals surface area contributed by atoms with E-state index in [9.17, 15) is 27.6 Å². The summed E-state index contributed by atoms with van der Waals surface area (Å²) in [5.41, 5.74) is -1.70. The molecule has 0 atom stereocenters. The van der Waals surface area contributed by atoms with Gasteiger partial charge in [-0.2, -0.15) is 13.2 Å². The predicted molar refractivity (Wildman–Crippen MR) is 99.0 cm³/mol. The van der Waals surface area contributed by atoms with Crippen LogP contribution in [-0.2, 0) is 11.0 Å². The van der Waals surface area contributed by atoms with Crippen LogP contribution in [0.4, 0.5) is 24.5 Å². The number of H-pyrrole nitrogens is 1. The Morgan fingerprint density at radius 2 is 1.96 bits per heavy atom. The Labute approximate surface area is 163 Å². The number of amides is 2. The van der Waals surface area contributed by atoms with Crippen LogP contribution in [0.5, 0.6) is 0 Å². The molecule has 3 aromatic rings. The van der Waals surface area contributed by atoms with E-state index in [0.29, 0.717) is 12.1 Å². The van der Waals surface area contributed by atoms with Crippen molar-refractivity contribution < 1.29 is 22.8 Å². The summed E-state index contributed by atoms with van der Waals surface area (Å²) in [6.07, 6.45) is -3.59. The van der Waals surface area contributed by atoms with Crippen LogP contribution in [0.3, 0.4) is 0 Å². The van der Waals surface area contributed by atoms with Crippen LogP contribution in [-0.4, -0.2) is 27.7 Å². The highest BCUT2D eigenvalue weighted by atomic mass is 35.5. The third kappa shape index (κ3) is 4.15. The Morgan fingerprint density at radius 1 is 1.21 bits per heavy atom. The summed E-state index contributed by atoms with van der Waals surface area (Å²) in [5, 5.41) is 6.07. The minimum atomic E-state index is -4.74. The number of thiophene rings is 1. The molecule has 0 fully saturated rings. The number of anilines is 2. The number of aromatic nitrogens is 2. The standard InChI is InChI=1S/C16H10ClF3N4O3S/c17-4-11(25)23-9-2-7(1-8(3-9)16(18,19)20)14(26)24-10-5-28-13-12(10)21-6-22-15(13)27/h1-3,5-6H,4H2,(H,23,25)(H,24,26)(H,21,22,27). The number of hydrogen-bond donors (Lipinski definition) is 3. The van der Waals surface area contributed by atoms with E-state index in [0.717, 1.165) is 23.7 Å². The Kier molecular flexibility index (Phi) is 5.38. The van der Waals surface area contributed by atoms with E-state index < -0.39 is 35.0 Å². The van der Waals surface area contributed by atoms with Crippen molar-refractivity contribution in [2.75, 3.05) is 16.5 Å². The van der Waals surface area contributed by atoms with Gasteiger partial charge < -0.3 is 15.6 Å². The molecule has 12 heteroatoms. The largest absolute Gasteiger partial charge is 0.416 e. The van der Waals surface area contributed by atoms with Crippen LogP contribution in [0.1, 0.15) is 15.9 Å². The summed E-state index contributed by atoms with van der Waals surface area (Å²) in [5.74, 6) is -2.05. The number of benzene rings is 1. The van der Waals surface area contributed by atoms with Crippen LogP contribution in [0.15, 0.2) is 34.7 Å². The van der Waals surface area contributed by atoms with Crippen LogP contribution in [0.25, 0.3) is 10.2 Å². The van der Waals surface area contributed by atoms with Crippen LogP contribution < -0.4 is 16.2 Å². The lowest BCUT2D eigenvalue weighted by atomic mass is 10.1. The smallest absolute Gasteiger partial charge is 0.325 e. The maximum atomic E-state index is 13.1. The molecule has 0 aliphatic carbocycles. The molecule has 0 aliphatic rings. The first-order valence-corrected chi connectivity index (χ1v) is 8.95. The molecule has 0 bridgehead atoms. The third-order valence-corrected chi connectivity index (χ3v) is 4.75. The average Bonchev–Trinajstić information content (AvgIpc) is 3.05. The Morgan fingerprint density at radius 3 is 2.64 bits per heavy atom. The minimum absolute atomic E-state index is 0.180. The second kappa shape index (κ2) is 7.60. The fraction of sp³-hybridized carbons (Fsp3) is 0.125. The minimum Gasteiger partial charge on any atom is -0.325 e. The number of aromatic amines is 1. The van der Waals surface area contributed by atoms with E-state index in [1.807, 2.05) is 0 Å². The van der Waals surface area contributed by atoms with Gasteiger partial charge in [-0.1, -0.05) is 0 Å². The Hall–Kier alpha value is -2.92. The molecule has 2 heterocycles. The molecule has 0 aliphatic heterocycles. The van der Waals surface area contributed by atoms with E-state index in [-0.39, 0.29) is 27.2 Å². The lowest BCUT2D eigenvalue weighted by Gasteiger charge is -2.13. The molecule has 1 aromatic carbocycles. The molecular weight excluding hydrogens is 421 g/mol. The fourth-order valence-electron chi connectivity index (χ4n) is 2.33. The van der Waals surface area contributed by atoms with Gasteiger partial charge in [0.05, 0.1) is 17.6 Å². The van der Waals surface area contributed by atoms with Gasteiger partial charge in [0.15, 0.2) is 0 Å². The number of nitrogens with one attached hydrogen (secondary N) is 3. The molecule has 146 valence electrons. The highest BCUT2D eigenvalue weighted by Gasteiger charge is 2.32. The highest BCUT2D eigenvalue weighted by molar-refractivity contribution is 7.17. The molecule has 0 saturated carbocycles. The molecule has 0 saturated heterocycles. The maximum absolute atomic E-state index is 13.1. The van der Waals surface area contributed by atoms with Gasteiger partial charge in [-0.05, 0) is 18.2 Å². The molecule has 7 nitrogen and oxygen atoms in total. The van der Waals surface area contributed by atoms with Gasteiger partial charge in [0, 0.05) is 16.6 Å². The molecule has 3 rings (SSSR count). The number of fused-ring (bicyclic) bond motifs is 1. The monoisotopic (exact) mass is 430 g/mol. The number of alkyl halides is 4. The maximum Gasteiger partial charge on any atom is 0.416 e. The second-order valence-electron chi connectivity index (χ2n) is 5.49. The van der Waals surface area contributed by atoms with Gasteiger partial charge in [0.2, 0.25) is 5.91 Å². The van der Waals surface area contributed by atoms with Crippen molar-refractivity contribution in [2.24, 2.45) is 0 Å². The van der Waals surface area contributed by atoms with Crippen molar-refractivity contribution in [1.82, 2.24) is 9.97 Å². The zero-order chi connectivity index (χ0) is 20.5. The predicted octanol–water partition coefficient (Wildman–Crippen LogP) is 3.43. The first-order valence-electron chi connectivity index (χ1n) is 7.53. The quantitative estimate of drug-likeness (QED) is 0.551. The number of carbonyl (C=O) groups excluding carboxylic acids is 2. The molecule has 0 unspecified atom stereocenters. The Balaban J connectivity index is 1.97. The summed E-state index contributed by atoms with van der Waals surface area (Å²) in [6, 6.07) is 2.44. The van der Waals surface area contributed by atoms with E-state index in [1.165, 1.54) is 5.38 Å². The zero-order valence-corrected chi connectivity index (χ0v) is 15.3. The van der Waals surface area contributed by atoms with Crippen molar-refractivity contribution in [3.8, 4) is 0 Å². The fourth-order valence-corrected chi connectivity index (χ4v) is 3.25. The summed E-state index contributed by atoms with van der Waals surface area (Å²) in [6.45, 7) is 0. The zero-order valence-electron chi connectivity index (χ0n) is 13.7. The summed E-state index contributed by atoms with van der Waals surface area (Å²) in [7, 11) is 0. The summed E-state index contributed by atoms with van der Waals surface area (Å²) in [4.78, 5) is 41.9. The highest BCUT2D eigenvalue weighted by Crippen LogP contribution is 2.33. The number of hydrogen-bond acceptors (Lipinski definition) is 5. The topological polar surface area (TPSA) is 104 Å². The van der Waals surface area contributed by atoms with E-state index >= 15 is 0 Å². The Bertz CT molecular complexity index is 1130. The number of halogens is 4. The first-order chi connectivity index (χ1) is 13.2. The molecule has 2 amide bonds. The number of nitrogens with zero attached hydrogens (tertiary/aromatic N) is 1. The normalized spacial score (nSPS) is 11.4. The molecule has 28 heavy (non-hydrogen) atoms.